The predicted molar refractivity (Wildman–Crippen MR) is 47.1 cm³/mol. The molecule has 0 heterocycles. The van der Waals surface area contributed by atoms with Crippen molar-refractivity contribution in [1.29, 1.82) is 0 Å². The molecule has 0 rings (SSSR count). The Balaban J connectivity index is 4.10. The second-order valence-corrected chi connectivity index (χ2v) is 3.19. The van der Waals surface area contributed by atoms with Crippen LogP contribution in [0.15, 0.2) is 12.2 Å². The minimum atomic E-state index is -1.61. The average Bonchev–Trinajstić information content (AvgIpc) is 1.99. The Labute approximate surface area is 77.2 Å². The van der Waals surface area contributed by atoms with E-state index in [2.05, 4.69) is 11.3 Å². The molecule has 0 bridgehead atoms. The molecule has 1 atom stereocenters. The first kappa shape index (κ1) is 11.8. The van der Waals surface area contributed by atoms with Crippen LogP contribution in [0, 0.1) is 0 Å². The molecule has 0 fully saturated rings. The number of aliphatic hydroxyl groups is 1. The second-order valence-electron chi connectivity index (χ2n) is 3.19. The molecule has 1 N–H and O–H groups in total. The Morgan fingerprint density at radius 2 is 1.92 bits per heavy atom. The average molecular weight is 186 g/mol. The molecule has 4 nitrogen and oxygen atoms in total. The van der Waals surface area contributed by atoms with Gasteiger partial charge in [-0.1, -0.05) is 6.58 Å². The summed E-state index contributed by atoms with van der Waals surface area (Å²) in [7, 11) is 0. The first-order valence-corrected chi connectivity index (χ1v) is 3.83. The zero-order valence-corrected chi connectivity index (χ0v) is 8.09. The van der Waals surface area contributed by atoms with E-state index >= 15 is 0 Å². The van der Waals surface area contributed by atoms with E-state index in [1.807, 2.05) is 0 Å². The molecule has 0 amide bonds. The molecule has 0 aromatic rings. The number of carbonyl (C=O) groups excluding carboxylic acids is 2. The Morgan fingerprint density at radius 3 is 2.23 bits per heavy atom. The predicted octanol–water partition coefficient (Wildman–Crippen LogP) is 0.446. The van der Waals surface area contributed by atoms with Gasteiger partial charge in [0.05, 0.1) is 0 Å². The maximum Gasteiger partial charge on any atom is 0.333 e. The number of hydrogen-bond donors (Lipinski definition) is 1. The Morgan fingerprint density at radius 1 is 1.46 bits per heavy atom. The van der Waals surface area contributed by atoms with E-state index in [1.165, 1.54) is 20.8 Å². The van der Waals surface area contributed by atoms with Gasteiger partial charge in [-0.05, 0) is 20.8 Å². The molecule has 13 heavy (non-hydrogen) atoms. The zero-order valence-electron chi connectivity index (χ0n) is 8.09. The van der Waals surface area contributed by atoms with Gasteiger partial charge in [-0.15, -0.1) is 0 Å². The number of hydrogen-bond acceptors (Lipinski definition) is 4. The maximum absolute atomic E-state index is 10.9. The summed E-state index contributed by atoms with van der Waals surface area (Å²) in [6.45, 7) is 7.03. The van der Waals surface area contributed by atoms with Crippen LogP contribution in [0.2, 0.25) is 0 Å². The van der Waals surface area contributed by atoms with Crippen molar-refractivity contribution in [2.75, 3.05) is 6.61 Å². The van der Waals surface area contributed by atoms with Crippen LogP contribution in [0.3, 0.4) is 0 Å². The molecule has 0 aromatic heterocycles. The van der Waals surface area contributed by atoms with Crippen molar-refractivity contribution in [1.82, 2.24) is 0 Å². The first-order chi connectivity index (χ1) is 5.77. The summed E-state index contributed by atoms with van der Waals surface area (Å²) in [5.74, 6) is -1.05. The van der Waals surface area contributed by atoms with Gasteiger partial charge in [0.15, 0.2) is 11.4 Å². The molecule has 0 saturated carbocycles. The molecular formula is C9H14O4. The quantitative estimate of drug-likeness (QED) is 0.511. The highest BCUT2D eigenvalue weighted by atomic mass is 16.5. The summed E-state index contributed by atoms with van der Waals surface area (Å²) in [6.07, 6.45) is 0. The van der Waals surface area contributed by atoms with E-state index in [-0.39, 0.29) is 12.2 Å². The molecule has 4 heteroatoms. The van der Waals surface area contributed by atoms with E-state index < -0.39 is 17.4 Å². The number of ketones is 1. The number of rotatable bonds is 4. The third kappa shape index (κ3) is 3.85. The minimum absolute atomic E-state index is 0.236. The van der Waals surface area contributed by atoms with E-state index in [1.54, 1.807) is 0 Å². The van der Waals surface area contributed by atoms with Crippen molar-refractivity contribution in [2.24, 2.45) is 0 Å². The van der Waals surface area contributed by atoms with Crippen molar-refractivity contribution in [3.8, 4) is 0 Å². The normalized spacial score (nSPS) is 14.5. The lowest BCUT2D eigenvalue weighted by molar-refractivity contribution is -0.151. The second kappa shape index (κ2) is 4.18. The van der Waals surface area contributed by atoms with E-state index in [0.29, 0.717) is 0 Å². The molecule has 0 aromatic carbocycles. The molecule has 74 valence electrons. The van der Waals surface area contributed by atoms with Gasteiger partial charge < -0.3 is 9.84 Å². The summed E-state index contributed by atoms with van der Waals surface area (Å²) in [4.78, 5) is 21.7. The van der Waals surface area contributed by atoms with Gasteiger partial charge in [0, 0.05) is 5.57 Å². The van der Waals surface area contributed by atoms with Crippen LogP contribution in [0.5, 0.6) is 0 Å². The highest BCUT2D eigenvalue weighted by Crippen LogP contribution is 2.06. The van der Waals surface area contributed by atoms with Gasteiger partial charge >= 0.3 is 5.97 Å². The molecule has 1 unspecified atom stereocenters. The fraction of sp³-hybridized carbons (Fsp3) is 0.556. The summed E-state index contributed by atoms with van der Waals surface area (Å²) in [5, 5.41) is 9.37. The minimum Gasteiger partial charge on any atom is -0.459 e. The number of carbonyl (C=O) groups is 2. The maximum atomic E-state index is 10.9. The van der Waals surface area contributed by atoms with E-state index in [9.17, 15) is 14.7 Å². The standard InChI is InChI=1S/C9H14O4/c1-6(2)8(11)13-5-9(4,12)7(3)10/h12H,1,5H2,2-4H3. The molecule has 0 saturated heterocycles. The van der Waals surface area contributed by atoms with Gasteiger partial charge in [-0.25, -0.2) is 4.79 Å². The van der Waals surface area contributed by atoms with E-state index in [0.717, 1.165) is 0 Å². The van der Waals surface area contributed by atoms with Crippen LogP contribution in [0.1, 0.15) is 20.8 Å². The Kier molecular flexibility index (Phi) is 3.81. The van der Waals surface area contributed by atoms with Crippen LogP contribution in [-0.2, 0) is 14.3 Å². The molecule has 0 aliphatic rings. The largest absolute Gasteiger partial charge is 0.459 e. The van der Waals surface area contributed by atoms with Crippen LogP contribution >= 0.6 is 0 Å². The van der Waals surface area contributed by atoms with Crippen LogP contribution in [-0.4, -0.2) is 29.1 Å². The highest BCUT2D eigenvalue weighted by molar-refractivity contribution is 5.88. The third-order valence-electron chi connectivity index (χ3n) is 1.59. The first-order valence-electron chi connectivity index (χ1n) is 3.83. The van der Waals surface area contributed by atoms with Gasteiger partial charge in [-0.3, -0.25) is 4.79 Å². The summed E-state index contributed by atoms with van der Waals surface area (Å²) < 4.78 is 4.62. The summed E-state index contributed by atoms with van der Waals surface area (Å²) in [6, 6.07) is 0. The van der Waals surface area contributed by atoms with Crippen molar-refractivity contribution < 1.29 is 19.4 Å². The zero-order chi connectivity index (χ0) is 10.6. The smallest absolute Gasteiger partial charge is 0.333 e. The third-order valence-corrected chi connectivity index (χ3v) is 1.59. The Bertz CT molecular complexity index is 240. The monoisotopic (exact) mass is 186 g/mol. The number of Topliss-reactive ketones (excluding diaryl/α,β-unsaturated/α-hetero) is 1. The molecule has 0 aliphatic heterocycles. The molecular weight excluding hydrogens is 172 g/mol. The lowest BCUT2D eigenvalue weighted by atomic mass is 10.0. The van der Waals surface area contributed by atoms with E-state index in [4.69, 9.17) is 0 Å². The summed E-state index contributed by atoms with van der Waals surface area (Å²) in [5.41, 5.74) is -1.37. The highest BCUT2D eigenvalue weighted by Gasteiger charge is 2.28. The van der Waals surface area contributed by atoms with Crippen molar-refractivity contribution >= 4 is 11.8 Å². The molecule has 0 aliphatic carbocycles. The van der Waals surface area contributed by atoms with Crippen molar-refractivity contribution in [2.45, 2.75) is 26.4 Å². The van der Waals surface area contributed by atoms with Crippen molar-refractivity contribution in [3.05, 3.63) is 12.2 Å². The van der Waals surface area contributed by atoms with Crippen molar-refractivity contribution in [3.63, 3.8) is 0 Å². The lowest BCUT2D eigenvalue weighted by Gasteiger charge is -2.19. The summed E-state index contributed by atoms with van der Waals surface area (Å²) >= 11 is 0. The van der Waals surface area contributed by atoms with Crippen LogP contribution < -0.4 is 0 Å². The lowest BCUT2D eigenvalue weighted by Crippen LogP contribution is -2.39. The van der Waals surface area contributed by atoms with Gasteiger partial charge in [0.25, 0.3) is 0 Å². The molecule has 0 radical (unpaired) electrons. The van der Waals surface area contributed by atoms with Gasteiger partial charge in [0.2, 0.25) is 0 Å². The fourth-order valence-electron chi connectivity index (χ4n) is 0.431. The molecule has 0 spiro atoms. The van der Waals surface area contributed by atoms with Gasteiger partial charge in [0.1, 0.15) is 6.61 Å². The topological polar surface area (TPSA) is 63.6 Å². The number of esters is 1. The van der Waals surface area contributed by atoms with Crippen LogP contribution in [0.25, 0.3) is 0 Å². The Hall–Kier alpha value is -1.16. The SMILES string of the molecule is C=C(C)C(=O)OCC(C)(O)C(C)=O. The fourth-order valence-corrected chi connectivity index (χ4v) is 0.431. The van der Waals surface area contributed by atoms with Crippen LogP contribution in [0.4, 0.5) is 0 Å². The van der Waals surface area contributed by atoms with Gasteiger partial charge in [-0.2, -0.15) is 0 Å². The number of ether oxygens (including phenoxy) is 1.